The smallest absolute Gasteiger partial charge is 0.270 e. The Labute approximate surface area is 125 Å². The van der Waals surface area contributed by atoms with Gasteiger partial charge in [-0.05, 0) is 60.5 Å². The molecule has 0 aliphatic carbocycles. The molecule has 0 saturated carbocycles. The maximum absolute atomic E-state index is 12.1. The van der Waals surface area contributed by atoms with Crippen LogP contribution < -0.4 is 5.32 Å². The summed E-state index contributed by atoms with van der Waals surface area (Å²) in [4.78, 5) is 18.7. The van der Waals surface area contributed by atoms with Crippen molar-refractivity contribution in [2.75, 3.05) is 0 Å². The normalized spacial score (nSPS) is 12.2. The molecule has 0 saturated heterocycles. The predicted octanol–water partition coefficient (Wildman–Crippen LogP) is 4.01. The Morgan fingerprint density at radius 1 is 1.42 bits per heavy atom. The first-order valence-corrected chi connectivity index (χ1v) is 7.57. The Bertz CT molecular complexity index is 592. The number of rotatable bonds is 3. The zero-order chi connectivity index (χ0) is 14.0. The van der Waals surface area contributed by atoms with Crippen LogP contribution in [0, 0.1) is 13.8 Å². The van der Waals surface area contributed by atoms with Crippen LogP contribution in [-0.4, -0.2) is 10.9 Å². The Morgan fingerprint density at radius 3 is 2.68 bits per heavy atom. The van der Waals surface area contributed by atoms with Gasteiger partial charge in [0.15, 0.2) is 0 Å². The molecule has 2 aromatic rings. The van der Waals surface area contributed by atoms with E-state index in [0.29, 0.717) is 5.69 Å². The molecule has 2 aromatic heterocycles. The number of nitrogens with one attached hydrogen (secondary N) is 1. The van der Waals surface area contributed by atoms with E-state index in [4.69, 9.17) is 0 Å². The number of nitrogens with zero attached hydrogens (tertiary/aromatic N) is 1. The lowest BCUT2D eigenvalue weighted by Crippen LogP contribution is -2.27. The van der Waals surface area contributed by atoms with Crippen LogP contribution >= 0.6 is 27.3 Å². The van der Waals surface area contributed by atoms with Crippen LogP contribution in [0.5, 0.6) is 0 Å². The average Bonchev–Trinajstić information content (AvgIpc) is 2.69. The molecule has 0 bridgehead atoms. The fourth-order valence-electron chi connectivity index (χ4n) is 1.94. The number of pyridine rings is 1. The van der Waals surface area contributed by atoms with Crippen molar-refractivity contribution in [3.05, 3.63) is 49.9 Å². The summed E-state index contributed by atoms with van der Waals surface area (Å²) in [5, 5.41) is 2.98. The van der Waals surface area contributed by atoms with Gasteiger partial charge in [0.25, 0.3) is 5.91 Å². The molecule has 1 amide bonds. The molecule has 2 rings (SSSR count). The predicted molar refractivity (Wildman–Crippen MR) is 81.6 cm³/mol. The zero-order valence-corrected chi connectivity index (χ0v) is 13.4. The van der Waals surface area contributed by atoms with E-state index in [0.717, 1.165) is 4.47 Å². The summed E-state index contributed by atoms with van der Waals surface area (Å²) >= 11 is 5.05. The standard InChI is InChI=1S/C14H15BrN2OS/c1-8-6-12(10(3)19-8)9(2)17-14(18)13-5-4-11(15)7-16-13/h4-7,9H,1-3H3,(H,17,18). The molecule has 0 aliphatic rings. The highest BCUT2D eigenvalue weighted by molar-refractivity contribution is 9.10. The van der Waals surface area contributed by atoms with Gasteiger partial charge in [-0.2, -0.15) is 0 Å². The molecule has 0 aliphatic heterocycles. The van der Waals surface area contributed by atoms with Gasteiger partial charge < -0.3 is 5.32 Å². The fourth-order valence-corrected chi connectivity index (χ4v) is 3.20. The largest absolute Gasteiger partial charge is 0.344 e. The molecule has 0 aromatic carbocycles. The van der Waals surface area contributed by atoms with Crippen LogP contribution in [0.2, 0.25) is 0 Å². The van der Waals surface area contributed by atoms with Crippen LogP contribution in [0.15, 0.2) is 28.9 Å². The number of amides is 1. The van der Waals surface area contributed by atoms with Gasteiger partial charge in [-0.15, -0.1) is 11.3 Å². The van der Waals surface area contributed by atoms with Crippen LogP contribution in [-0.2, 0) is 0 Å². The van der Waals surface area contributed by atoms with Crippen molar-refractivity contribution in [2.24, 2.45) is 0 Å². The quantitative estimate of drug-likeness (QED) is 0.918. The van der Waals surface area contributed by atoms with Crippen molar-refractivity contribution in [3.63, 3.8) is 0 Å². The number of halogens is 1. The first-order valence-electron chi connectivity index (χ1n) is 5.96. The zero-order valence-electron chi connectivity index (χ0n) is 11.0. The molecule has 2 heterocycles. The van der Waals surface area contributed by atoms with Gasteiger partial charge in [0.1, 0.15) is 5.69 Å². The molecular formula is C14H15BrN2OS. The second-order valence-electron chi connectivity index (χ2n) is 4.43. The minimum atomic E-state index is -0.150. The minimum absolute atomic E-state index is 0.0112. The molecule has 5 heteroatoms. The Kier molecular flexibility index (Phi) is 4.37. The van der Waals surface area contributed by atoms with Crippen molar-refractivity contribution in [3.8, 4) is 0 Å². The van der Waals surface area contributed by atoms with Gasteiger partial charge in [-0.25, -0.2) is 4.98 Å². The topological polar surface area (TPSA) is 42.0 Å². The van der Waals surface area contributed by atoms with E-state index in [1.807, 2.05) is 13.0 Å². The van der Waals surface area contributed by atoms with E-state index in [1.165, 1.54) is 15.3 Å². The van der Waals surface area contributed by atoms with E-state index >= 15 is 0 Å². The number of aryl methyl sites for hydroxylation is 2. The number of carbonyl (C=O) groups excluding carboxylic acids is 1. The third kappa shape index (κ3) is 3.42. The van der Waals surface area contributed by atoms with E-state index in [2.05, 4.69) is 46.1 Å². The van der Waals surface area contributed by atoms with E-state index < -0.39 is 0 Å². The number of hydrogen-bond acceptors (Lipinski definition) is 3. The van der Waals surface area contributed by atoms with Crippen LogP contribution in [0.3, 0.4) is 0 Å². The fraction of sp³-hybridized carbons (Fsp3) is 0.286. The third-order valence-corrected chi connectivity index (χ3v) is 4.30. The summed E-state index contributed by atoms with van der Waals surface area (Å²) in [6.07, 6.45) is 1.62. The Morgan fingerprint density at radius 2 is 2.16 bits per heavy atom. The van der Waals surface area contributed by atoms with E-state index in [1.54, 1.807) is 23.6 Å². The molecule has 3 nitrogen and oxygen atoms in total. The lowest BCUT2D eigenvalue weighted by atomic mass is 10.1. The summed E-state index contributed by atoms with van der Waals surface area (Å²) in [7, 11) is 0. The van der Waals surface area contributed by atoms with Crippen LogP contribution in [0.1, 0.15) is 38.8 Å². The number of hydrogen-bond donors (Lipinski definition) is 1. The Hall–Kier alpha value is -1.20. The number of thiophene rings is 1. The summed E-state index contributed by atoms with van der Waals surface area (Å²) in [5.41, 5.74) is 1.60. The molecule has 1 N–H and O–H groups in total. The number of carbonyl (C=O) groups is 1. The molecule has 0 spiro atoms. The summed E-state index contributed by atoms with van der Waals surface area (Å²) in [6, 6.07) is 5.63. The SMILES string of the molecule is Cc1cc(C(C)NC(=O)c2ccc(Br)cn2)c(C)s1. The van der Waals surface area contributed by atoms with Crippen LogP contribution in [0.25, 0.3) is 0 Å². The lowest BCUT2D eigenvalue weighted by Gasteiger charge is -2.13. The van der Waals surface area contributed by atoms with Gasteiger partial charge in [-0.1, -0.05) is 0 Å². The maximum atomic E-state index is 12.1. The first-order chi connectivity index (χ1) is 8.97. The lowest BCUT2D eigenvalue weighted by molar-refractivity contribution is 0.0935. The van der Waals surface area contributed by atoms with Gasteiger partial charge in [0, 0.05) is 20.4 Å². The molecular weight excluding hydrogens is 324 g/mol. The molecule has 1 unspecified atom stereocenters. The highest BCUT2D eigenvalue weighted by Crippen LogP contribution is 2.26. The van der Waals surface area contributed by atoms with Crippen molar-refractivity contribution >= 4 is 33.2 Å². The molecule has 19 heavy (non-hydrogen) atoms. The Balaban J connectivity index is 2.10. The monoisotopic (exact) mass is 338 g/mol. The highest BCUT2D eigenvalue weighted by atomic mass is 79.9. The minimum Gasteiger partial charge on any atom is -0.344 e. The molecule has 0 fully saturated rings. The first kappa shape index (κ1) is 14.2. The molecule has 0 radical (unpaired) electrons. The van der Waals surface area contributed by atoms with Gasteiger partial charge in [0.05, 0.1) is 6.04 Å². The van der Waals surface area contributed by atoms with E-state index in [-0.39, 0.29) is 11.9 Å². The van der Waals surface area contributed by atoms with Gasteiger partial charge in [-0.3, -0.25) is 4.79 Å². The third-order valence-electron chi connectivity index (χ3n) is 2.85. The van der Waals surface area contributed by atoms with Crippen molar-refractivity contribution in [1.82, 2.24) is 10.3 Å². The maximum Gasteiger partial charge on any atom is 0.270 e. The molecule has 1 atom stereocenters. The molecule has 100 valence electrons. The van der Waals surface area contributed by atoms with Crippen molar-refractivity contribution in [1.29, 1.82) is 0 Å². The van der Waals surface area contributed by atoms with Crippen LogP contribution in [0.4, 0.5) is 0 Å². The highest BCUT2D eigenvalue weighted by Gasteiger charge is 2.15. The number of aromatic nitrogens is 1. The summed E-state index contributed by atoms with van der Waals surface area (Å²) in [6.45, 7) is 6.14. The van der Waals surface area contributed by atoms with Crippen molar-refractivity contribution in [2.45, 2.75) is 26.8 Å². The average molecular weight is 339 g/mol. The van der Waals surface area contributed by atoms with Gasteiger partial charge >= 0.3 is 0 Å². The second kappa shape index (κ2) is 5.84. The van der Waals surface area contributed by atoms with Crippen molar-refractivity contribution < 1.29 is 4.79 Å². The summed E-state index contributed by atoms with van der Waals surface area (Å²) < 4.78 is 0.862. The van der Waals surface area contributed by atoms with E-state index in [9.17, 15) is 4.79 Å². The van der Waals surface area contributed by atoms with Gasteiger partial charge in [0.2, 0.25) is 0 Å². The second-order valence-corrected chi connectivity index (χ2v) is 6.80. The summed E-state index contributed by atoms with van der Waals surface area (Å²) in [5.74, 6) is -0.150.